The van der Waals surface area contributed by atoms with Gasteiger partial charge in [-0.15, -0.1) is 0 Å². The second kappa shape index (κ2) is 6.16. The molecule has 0 heterocycles. The summed E-state index contributed by atoms with van der Waals surface area (Å²) in [5.41, 5.74) is 1.70. The van der Waals surface area contributed by atoms with E-state index in [9.17, 15) is 14.7 Å². The molecule has 0 spiro atoms. The number of aliphatic carboxylic acids is 2. The van der Waals surface area contributed by atoms with Crippen molar-refractivity contribution in [2.75, 3.05) is 13.6 Å². The van der Waals surface area contributed by atoms with E-state index in [1.54, 1.807) is 12.1 Å². The Hall–Kier alpha value is -1.88. The summed E-state index contributed by atoms with van der Waals surface area (Å²) in [6.07, 6.45) is 0.878. The second-order valence-electron chi connectivity index (χ2n) is 4.14. The van der Waals surface area contributed by atoms with Gasteiger partial charge in [-0.2, -0.15) is 0 Å². The molecular formula is C13H17NO4. The average molecular weight is 251 g/mol. The number of benzene rings is 1. The van der Waals surface area contributed by atoms with Gasteiger partial charge in [-0.3, -0.25) is 14.5 Å². The predicted octanol–water partition coefficient (Wildman–Crippen LogP) is 1.39. The lowest BCUT2D eigenvalue weighted by atomic mass is 10.0. The van der Waals surface area contributed by atoms with Crippen molar-refractivity contribution in [2.24, 2.45) is 0 Å². The number of carboxylic acid groups (broad SMARTS) is 2. The van der Waals surface area contributed by atoms with Crippen LogP contribution in [0.15, 0.2) is 24.3 Å². The molecule has 1 aromatic carbocycles. The number of carbonyl (C=O) groups is 2. The third kappa shape index (κ3) is 3.56. The average Bonchev–Trinajstić information content (AvgIpc) is 2.28. The molecule has 1 unspecified atom stereocenters. The predicted molar refractivity (Wildman–Crippen MR) is 66.5 cm³/mol. The Morgan fingerprint density at radius 3 is 2.17 bits per heavy atom. The van der Waals surface area contributed by atoms with Crippen LogP contribution in [-0.4, -0.2) is 40.6 Å². The largest absolute Gasteiger partial charge is 0.480 e. The third-order valence-electron chi connectivity index (χ3n) is 2.76. The fourth-order valence-corrected chi connectivity index (χ4v) is 1.83. The number of nitrogens with zero attached hydrogens (tertiary/aromatic N) is 1. The van der Waals surface area contributed by atoms with Crippen LogP contribution in [0, 0.1) is 0 Å². The van der Waals surface area contributed by atoms with Crippen molar-refractivity contribution in [3.63, 3.8) is 0 Å². The zero-order valence-electron chi connectivity index (χ0n) is 10.5. The molecule has 0 aromatic heterocycles. The lowest BCUT2D eigenvalue weighted by Crippen LogP contribution is -2.34. The van der Waals surface area contributed by atoms with Crippen LogP contribution in [0.25, 0.3) is 0 Å². The molecule has 1 rings (SSSR count). The first kappa shape index (κ1) is 14.2. The lowest BCUT2D eigenvalue weighted by Gasteiger charge is -2.23. The van der Waals surface area contributed by atoms with E-state index in [1.165, 1.54) is 11.9 Å². The SMILES string of the molecule is CCc1ccc(C(C(=O)O)N(C)CC(=O)O)cc1. The molecule has 0 saturated carbocycles. The van der Waals surface area contributed by atoms with E-state index in [0.717, 1.165) is 12.0 Å². The van der Waals surface area contributed by atoms with Gasteiger partial charge in [0.15, 0.2) is 0 Å². The monoisotopic (exact) mass is 251 g/mol. The number of aryl methyl sites for hydroxylation is 1. The van der Waals surface area contributed by atoms with Crippen LogP contribution in [-0.2, 0) is 16.0 Å². The first-order valence-electron chi connectivity index (χ1n) is 5.69. The highest BCUT2D eigenvalue weighted by Gasteiger charge is 2.25. The fraction of sp³-hybridized carbons (Fsp3) is 0.385. The molecule has 0 radical (unpaired) electrons. The van der Waals surface area contributed by atoms with Gasteiger partial charge in [0.25, 0.3) is 0 Å². The Balaban J connectivity index is 2.96. The molecular weight excluding hydrogens is 234 g/mol. The smallest absolute Gasteiger partial charge is 0.325 e. The Kier molecular flexibility index (Phi) is 4.85. The Morgan fingerprint density at radius 1 is 1.22 bits per heavy atom. The van der Waals surface area contributed by atoms with Crippen LogP contribution in [0.2, 0.25) is 0 Å². The van der Waals surface area contributed by atoms with Crippen LogP contribution in [0.1, 0.15) is 24.1 Å². The normalized spacial score (nSPS) is 12.4. The van der Waals surface area contributed by atoms with Gasteiger partial charge in [-0.05, 0) is 24.6 Å². The minimum Gasteiger partial charge on any atom is -0.480 e. The molecule has 0 saturated heterocycles. The van der Waals surface area contributed by atoms with Gasteiger partial charge in [0, 0.05) is 0 Å². The molecule has 0 aliphatic carbocycles. The van der Waals surface area contributed by atoms with Crippen LogP contribution in [0.5, 0.6) is 0 Å². The fourth-order valence-electron chi connectivity index (χ4n) is 1.83. The maximum absolute atomic E-state index is 11.2. The van der Waals surface area contributed by atoms with Crippen molar-refractivity contribution in [2.45, 2.75) is 19.4 Å². The standard InChI is InChI=1S/C13H17NO4/c1-3-9-4-6-10(7-5-9)12(13(17)18)14(2)8-11(15)16/h4-7,12H,3,8H2,1-2H3,(H,15,16)(H,17,18). The van der Waals surface area contributed by atoms with E-state index in [2.05, 4.69) is 0 Å². The summed E-state index contributed by atoms with van der Waals surface area (Å²) in [5, 5.41) is 17.9. The highest BCUT2D eigenvalue weighted by molar-refractivity contribution is 5.77. The summed E-state index contributed by atoms with van der Waals surface area (Å²) in [6.45, 7) is 1.70. The van der Waals surface area contributed by atoms with E-state index in [1.807, 2.05) is 19.1 Å². The molecule has 0 aliphatic rings. The van der Waals surface area contributed by atoms with Gasteiger partial charge >= 0.3 is 11.9 Å². The minimum atomic E-state index is -1.05. The summed E-state index contributed by atoms with van der Waals surface area (Å²) < 4.78 is 0. The Labute approximate surface area is 106 Å². The van der Waals surface area contributed by atoms with E-state index < -0.39 is 18.0 Å². The second-order valence-corrected chi connectivity index (χ2v) is 4.14. The zero-order valence-corrected chi connectivity index (χ0v) is 10.5. The molecule has 0 amide bonds. The molecule has 2 N–H and O–H groups in total. The first-order valence-corrected chi connectivity index (χ1v) is 5.69. The van der Waals surface area contributed by atoms with Crippen molar-refractivity contribution in [3.05, 3.63) is 35.4 Å². The Morgan fingerprint density at radius 2 is 1.78 bits per heavy atom. The molecule has 1 atom stereocenters. The van der Waals surface area contributed by atoms with Crippen molar-refractivity contribution in [3.8, 4) is 0 Å². The van der Waals surface area contributed by atoms with Gasteiger partial charge in [0.2, 0.25) is 0 Å². The molecule has 18 heavy (non-hydrogen) atoms. The molecule has 0 fully saturated rings. The van der Waals surface area contributed by atoms with Crippen molar-refractivity contribution in [1.29, 1.82) is 0 Å². The maximum atomic E-state index is 11.2. The van der Waals surface area contributed by atoms with Crippen molar-refractivity contribution >= 4 is 11.9 Å². The van der Waals surface area contributed by atoms with Crippen LogP contribution in [0.3, 0.4) is 0 Å². The molecule has 5 heteroatoms. The molecule has 0 aliphatic heterocycles. The highest BCUT2D eigenvalue weighted by Crippen LogP contribution is 2.20. The van der Waals surface area contributed by atoms with Gasteiger partial charge in [-0.1, -0.05) is 31.2 Å². The van der Waals surface area contributed by atoms with Crippen LogP contribution >= 0.6 is 0 Å². The van der Waals surface area contributed by atoms with Gasteiger partial charge in [0.05, 0.1) is 6.54 Å². The number of hydrogen-bond acceptors (Lipinski definition) is 3. The van der Waals surface area contributed by atoms with Crippen LogP contribution < -0.4 is 0 Å². The quantitative estimate of drug-likeness (QED) is 0.798. The minimum absolute atomic E-state index is 0.313. The number of hydrogen-bond donors (Lipinski definition) is 2. The van der Waals surface area contributed by atoms with Crippen molar-refractivity contribution in [1.82, 2.24) is 4.90 Å². The summed E-state index contributed by atoms with van der Waals surface area (Å²) in [6, 6.07) is 6.25. The molecule has 5 nitrogen and oxygen atoms in total. The summed E-state index contributed by atoms with van der Waals surface area (Å²) in [5.74, 6) is -2.10. The first-order chi connectivity index (χ1) is 8.45. The van der Waals surface area contributed by atoms with Crippen LogP contribution in [0.4, 0.5) is 0 Å². The molecule has 98 valence electrons. The molecule has 1 aromatic rings. The Bertz CT molecular complexity index is 427. The number of likely N-dealkylation sites (N-methyl/N-ethyl adjacent to an activating group) is 1. The topological polar surface area (TPSA) is 77.8 Å². The number of rotatable bonds is 6. The highest BCUT2D eigenvalue weighted by atomic mass is 16.4. The number of carboxylic acids is 2. The van der Waals surface area contributed by atoms with Crippen molar-refractivity contribution < 1.29 is 19.8 Å². The van der Waals surface area contributed by atoms with Gasteiger partial charge in [-0.25, -0.2) is 0 Å². The van der Waals surface area contributed by atoms with E-state index in [-0.39, 0.29) is 6.54 Å². The zero-order chi connectivity index (χ0) is 13.7. The van der Waals surface area contributed by atoms with E-state index in [0.29, 0.717) is 5.56 Å². The summed E-state index contributed by atoms with van der Waals surface area (Å²) >= 11 is 0. The van der Waals surface area contributed by atoms with Gasteiger partial charge < -0.3 is 10.2 Å². The lowest BCUT2D eigenvalue weighted by molar-refractivity contribution is -0.145. The van der Waals surface area contributed by atoms with Gasteiger partial charge in [0.1, 0.15) is 6.04 Å². The maximum Gasteiger partial charge on any atom is 0.325 e. The summed E-state index contributed by atoms with van der Waals surface area (Å²) in [7, 11) is 1.49. The summed E-state index contributed by atoms with van der Waals surface area (Å²) in [4.78, 5) is 23.2. The van der Waals surface area contributed by atoms with E-state index >= 15 is 0 Å². The molecule has 0 bridgehead atoms. The third-order valence-corrected chi connectivity index (χ3v) is 2.76. The van der Waals surface area contributed by atoms with E-state index in [4.69, 9.17) is 5.11 Å².